The van der Waals surface area contributed by atoms with E-state index in [0.717, 1.165) is 5.56 Å². The highest BCUT2D eigenvalue weighted by molar-refractivity contribution is 7.22. The molecule has 142 valence electrons. The van der Waals surface area contributed by atoms with E-state index in [1.165, 1.54) is 17.4 Å². The van der Waals surface area contributed by atoms with Gasteiger partial charge in [0.2, 0.25) is 0 Å². The predicted molar refractivity (Wildman–Crippen MR) is 109 cm³/mol. The van der Waals surface area contributed by atoms with E-state index in [9.17, 15) is 9.18 Å². The molecular weight excluding hydrogens is 375 g/mol. The SMILES string of the molecule is CC(C)n1nccc1C(=O)N(Cc1ccccc1)c1nc2c(F)cccc2s1. The van der Waals surface area contributed by atoms with Crippen LogP contribution < -0.4 is 4.90 Å². The van der Waals surface area contributed by atoms with Crippen LogP contribution >= 0.6 is 11.3 Å². The summed E-state index contributed by atoms with van der Waals surface area (Å²) in [5.41, 5.74) is 1.72. The Hall–Kier alpha value is -3.06. The summed E-state index contributed by atoms with van der Waals surface area (Å²) in [6, 6.07) is 16.3. The highest BCUT2D eigenvalue weighted by Gasteiger charge is 2.25. The van der Waals surface area contributed by atoms with Crippen molar-refractivity contribution in [2.75, 3.05) is 4.90 Å². The van der Waals surface area contributed by atoms with Gasteiger partial charge in [0.1, 0.15) is 17.0 Å². The van der Waals surface area contributed by atoms with E-state index >= 15 is 0 Å². The number of hydrogen-bond acceptors (Lipinski definition) is 4. The van der Waals surface area contributed by atoms with Crippen LogP contribution in [0.3, 0.4) is 0 Å². The highest BCUT2D eigenvalue weighted by Crippen LogP contribution is 2.32. The maximum Gasteiger partial charge on any atom is 0.278 e. The van der Waals surface area contributed by atoms with Gasteiger partial charge in [-0.05, 0) is 37.6 Å². The zero-order chi connectivity index (χ0) is 19.7. The van der Waals surface area contributed by atoms with Gasteiger partial charge < -0.3 is 0 Å². The Kier molecular flexibility index (Phi) is 4.92. The van der Waals surface area contributed by atoms with Gasteiger partial charge in [-0.25, -0.2) is 9.37 Å². The molecule has 4 aromatic rings. The van der Waals surface area contributed by atoms with Crippen molar-refractivity contribution in [2.24, 2.45) is 0 Å². The molecule has 0 saturated carbocycles. The van der Waals surface area contributed by atoms with Gasteiger partial charge in [-0.15, -0.1) is 0 Å². The molecule has 0 bridgehead atoms. The summed E-state index contributed by atoms with van der Waals surface area (Å²) < 4.78 is 16.6. The number of hydrogen-bond donors (Lipinski definition) is 0. The molecule has 0 aliphatic heterocycles. The van der Waals surface area contributed by atoms with Crippen molar-refractivity contribution in [3.05, 3.63) is 77.9 Å². The summed E-state index contributed by atoms with van der Waals surface area (Å²) in [5, 5.41) is 4.73. The standard InChI is InChI=1S/C21H19FN4OS/c1-14(2)26-17(11-12-23-26)20(27)25(13-15-7-4-3-5-8-15)21-24-19-16(22)9-6-10-18(19)28-21/h3-12,14H,13H2,1-2H3. The minimum absolute atomic E-state index is 0.0420. The molecule has 5 nitrogen and oxygen atoms in total. The van der Waals surface area contributed by atoms with E-state index < -0.39 is 0 Å². The third-order valence-corrected chi connectivity index (χ3v) is 5.44. The lowest BCUT2D eigenvalue weighted by Gasteiger charge is -2.21. The monoisotopic (exact) mass is 394 g/mol. The quantitative estimate of drug-likeness (QED) is 0.475. The van der Waals surface area contributed by atoms with Crippen LogP contribution in [0.25, 0.3) is 10.2 Å². The van der Waals surface area contributed by atoms with E-state index in [-0.39, 0.29) is 23.3 Å². The number of halogens is 1. The molecule has 4 rings (SSSR count). The third-order valence-electron chi connectivity index (χ3n) is 4.40. The summed E-state index contributed by atoms with van der Waals surface area (Å²) in [5.74, 6) is -0.603. The summed E-state index contributed by atoms with van der Waals surface area (Å²) in [6.45, 7) is 4.28. The van der Waals surface area contributed by atoms with Crippen LogP contribution in [0.2, 0.25) is 0 Å². The molecule has 2 aromatic heterocycles. The lowest BCUT2D eigenvalue weighted by molar-refractivity contribution is 0.0973. The van der Waals surface area contributed by atoms with Gasteiger partial charge >= 0.3 is 0 Å². The normalized spacial score (nSPS) is 11.3. The molecule has 0 saturated heterocycles. The van der Waals surface area contributed by atoms with Crippen LogP contribution in [0.1, 0.15) is 35.9 Å². The Morgan fingerprint density at radius 2 is 1.93 bits per heavy atom. The van der Waals surface area contributed by atoms with Crippen molar-refractivity contribution in [3.8, 4) is 0 Å². The fourth-order valence-electron chi connectivity index (χ4n) is 3.04. The van der Waals surface area contributed by atoms with E-state index in [0.29, 0.717) is 22.1 Å². The van der Waals surface area contributed by atoms with Gasteiger partial charge in [-0.1, -0.05) is 47.7 Å². The zero-order valence-electron chi connectivity index (χ0n) is 15.5. The van der Waals surface area contributed by atoms with E-state index in [4.69, 9.17) is 0 Å². The number of carbonyl (C=O) groups is 1. The molecule has 28 heavy (non-hydrogen) atoms. The lowest BCUT2D eigenvalue weighted by Crippen LogP contribution is -2.32. The highest BCUT2D eigenvalue weighted by atomic mass is 32.1. The van der Waals surface area contributed by atoms with Gasteiger partial charge in [0.05, 0.1) is 11.2 Å². The van der Waals surface area contributed by atoms with E-state index in [1.807, 2.05) is 50.2 Å². The molecule has 0 unspecified atom stereocenters. The fraction of sp³-hybridized carbons (Fsp3) is 0.190. The second-order valence-corrected chi connectivity index (χ2v) is 7.72. The third kappa shape index (κ3) is 3.41. The van der Waals surface area contributed by atoms with Crippen molar-refractivity contribution >= 4 is 32.6 Å². The summed E-state index contributed by atoms with van der Waals surface area (Å²) in [6.07, 6.45) is 1.62. The summed E-state index contributed by atoms with van der Waals surface area (Å²) >= 11 is 1.30. The van der Waals surface area contributed by atoms with Gasteiger partial charge in [-0.2, -0.15) is 5.10 Å². The van der Waals surface area contributed by atoms with Gasteiger partial charge in [-0.3, -0.25) is 14.4 Å². The van der Waals surface area contributed by atoms with Crippen molar-refractivity contribution in [1.82, 2.24) is 14.8 Å². The number of benzene rings is 2. The Balaban J connectivity index is 1.80. The van der Waals surface area contributed by atoms with Crippen molar-refractivity contribution in [3.63, 3.8) is 0 Å². The maximum absolute atomic E-state index is 14.2. The number of fused-ring (bicyclic) bond motifs is 1. The van der Waals surface area contributed by atoms with Gasteiger partial charge in [0.15, 0.2) is 5.13 Å². The Morgan fingerprint density at radius 3 is 2.64 bits per heavy atom. The molecule has 1 amide bonds. The second kappa shape index (κ2) is 7.52. The van der Waals surface area contributed by atoms with Crippen molar-refractivity contribution in [2.45, 2.75) is 26.4 Å². The van der Waals surface area contributed by atoms with Crippen LogP contribution in [0.15, 0.2) is 60.8 Å². The first-order chi connectivity index (χ1) is 13.5. The first kappa shape index (κ1) is 18.3. The average molecular weight is 394 g/mol. The number of amides is 1. The molecule has 0 spiro atoms. The first-order valence-corrected chi connectivity index (χ1v) is 9.80. The van der Waals surface area contributed by atoms with Crippen LogP contribution in [0, 0.1) is 5.82 Å². The maximum atomic E-state index is 14.2. The molecule has 0 N–H and O–H groups in total. The Bertz CT molecular complexity index is 1120. The number of para-hydroxylation sites is 1. The summed E-state index contributed by atoms with van der Waals surface area (Å²) in [4.78, 5) is 19.5. The fourth-order valence-corrected chi connectivity index (χ4v) is 4.02. The molecular formula is C21H19FN4OS. The molecule has 7 heteroatoms. The Morgan fingerprint density at radius 1 is 1.14 bits per heavy atom. The number of nitrogens with zero attached hydrogens (tertiary/aromatic N) is 4. The average Bonchev–Trinajstić information content (AvgIpc) is 3.34. The smallest absolute Gasteiger partial charge is 0.278 e. The molecule has 0 radical (unpaired) electrons. The molecule has 0 atom stereocenters. The predicted octanol–water partition coefficient (Wildman–Crippen LogP) is 5.06. The first-order valence-electron chi connectivity index (χ1n) is 8.99. The summed E-state index contributed by atoms with van der Waals surface area (Å²) in [7, 11) is 0. The van der Waals surface area contributed by atoms with Crippen LogP contribution in [-0.4, -0.2) is 20.7 Å². The van der Waals surface area contributed by atoms with Gasteiger partial charge in [0.25, 0.3) is 5.91 Å². The lowest BCUT2D eigenvalue weighted by atomic mass is 10.2. The zero-order valence-corrected chi connectivity index (χ0v) is 16.4. The van der Waals surface area contributed by atoms with Crippen molar-refractivity contribution in [1.29, 1.82) is 0 Å². The molecule has 0 aliphatic carbocycles. The minimum atomic E-state index is -0.390. The molecule has 2 heterocycles. The number of aromatic nitrogens is 3. The topological polar surface area (TPSA) is 51.0 Å². The molecule has 2 aromatic carbocycles. The number of thiazole rings is 1. The minimum Gasteiger partial charge on any atom is -0.278 e. The second-order valence-electron chi connectivity index (χ2n) is 6.71. The van der Waals surface area contributed by atoms with Crippen LogP contribution in [0.5, 0.6) is 0 Å². The Labute approximate surface area is 166 Å². The number of rotatable bonds is 5. The van der Waals surface area contributed by atoms with Crippen molar-refractivity contribution < 1.29 is 9.18 Å². The molecule has 0 aliphatic rings. The van der Waals surface area contributed by atoms with Crippen LogP contribution in [-0.2, 0) is 6.54 Å². The largest absolute Gasteiger partial charge is 0.278 e. The molecule has 0 fully saturated rings. The number of carbonyl (C=O) groups excluding carboxylic acids is 1. The van der Waals surface area contributed by atoms with Crippen LogP contribution in [0.4, 0.5) is 9.52 Å². The van der Waals surface area contributed by atoms with E-state index in [1.54, 1.807) is 27.9 Å². The number of anilines is 1. The van der Waals surface area contributed by atoms with Gasteiger partial charge in [0, 0.05) is 12.2 Å². The van der Waals surface area contributed by atoms with E-state index in [2.05, 4.69) is 10.1 Å².